The Labute approximate surface area is 87.3 Å². The topological polar surface area (TPSA) is 41.3 Å². The van der Waals surface area contributed by atoms with Gasteiger partial charge in [0.25, 0.3) is 0 Å². The zero-order chi connectivity index (χ0) is 10.6. The van der Waals surface area contributed by atoms with Crippen molar-refractivity contribution < 1.29 is 0 Å². The van der Waals surface area contributed by atoms with Crippen molar-refractivity contribution in [3.63, 3.8) is 0 Å². The first-order chi connectivity index (χ1) is 6.58. The van der Waals surface area contributed by atoms with Crippen molar-refractivity contribution in [2.75, 3.05) is 33.2 Å². The molecule has 3 heteroatoms. The van der Waals surface area contributed by atoms with Crippen molar-refractivity contribution in [3.8, 4) is 0 Å². The SMILES string of the molecule is C=C(C)CNC1(CN)CCCN(C)C1. The van der Waals surface area contributed by atoms with Crippen LogP contribution in [0.1, 0.15) is 19.8 Å². The van der Waals surface area contributed by atoms with Gasteiger partial charge in [-0.15, -0.1) is 0 Å². The highest BCUT2D eigenvalue weighted by atomic mass is 15.2. The highest BCUT2D eigenvalue weighted by Crippen LogP contribution is 2.19. The Morgan fingerprint density at radius 2 is 2.36 bits per heavy atom. The summed E-state index contributed by atoms with van der Waals surface area (Å²) in [7, 11) is 2.16. The molecule has 1 atom stereocenters. The standard InChI is InChI=1S/C11H23N3/c1-10(2)7-13-11(8-12)5-4-6-14(3)9-11/h13H,1,4-9,12H2,2-3H3. The molecule has 1 heterocycles. The van der Waals surface area contributed by atoms with Gasteiger partial charge in [0.2, 0.25) is 0 Å². The minimum absolute atomic E-state index is 0.117. The van der Waals surface area contributed by atoms with E-state index in [4.69, 9.17) is 5.73 Å². The van der Waals surface area contributed by atoms with Crippen molar-refractivity contribution in [2.45, 2.75) is 25.3 Å². The molecule has 1 saturated heterocycles. The molecule has 0 spiro atoms. The van der Waals surface area contributed by atoms with Crippen LogP contribution in [0, 0.1) is 0 Å². The smallest absolute Gasteiger partial charge is 0.0435 e. The van der Waals surface area contributed by atoms with Crippen LogP contribution in [0.3, 0.4) is 0 Å². The molecule has 0 aromatic rings. The zero-order valence-electron chi connectivity index (χ0n) is 9.47. The first-order valence-corrected chi connectivity index (χ1v) is 5.36. The van der Waals surface area contributed by atoms with Gasteiger partial charge >= 0.3 is 0 Å². The van der Waals surface area contributed by atoms with Gasteiger partial charge in [-0.05, 0) is 33.4 Å². The fourth-order valence-electron chi connectivity index (χ4n) is 2.08. The Kier molecular flexibility index (Phi) is 4.11. The van der Waals surface area contributed by atoms with Crippen molar-refractivity contribution in [1.29, 1.82) is 0 Å². The van der Waals surface area contributed by atoms with E-state index in [0.717, 1.165) is 13.1 Å². The van der Waals surface area contributed by atoms with Gasteiger partial charge in [-0.25, -0.2) is 0 Å². The van der Waals surface area contributed by atoms with E-state index in [9.17, 15) is 0 Å². The number of likely N-dealkylation sites (tertiary alicyclic amines) is 1. The van der Waals surface area contributed by atoms with Crippen molar-refractivity contribution in [3.05, 3.63) is 12.2 Å². The maximum atomic E-state index is 5.87. The minimum atomic E-state index is 0.117. The molecular weight excluding hydrogens is 174 g/mol. The average molecular weight is 197 g/mol. The highest BCUT2D eigenvalue weighted by molar-refractivity contribution is 5.00. The first kappa shape index (κ1) is 11.7. The lowest BCUT2D eigenvalue weighted by Crippen LogP contribution is -2.60. The Morgan fingerprint density at radius 3 is 2.86 bits per heavy atom. The lowest BCUT2D eigenvalue weighted by Gasteiger charge is -2.41. The number of piperidine rings is 1. The van der Waals surface area contributed by atoms with E-state index in [-0.39, 0.29) is 5.54 Å². The van der Waals surface area contributed by atoms with Gasteiger partial charge in [0.1, 0.15) is 0 Å². The Hall–Kier alpha value is -0.380. The summed E-state index contributed by atoms with van der Waals surface area (Å²) in [4.78, 5) is 2.35. The predicted octanol–water partition coefficient (Wildman–Crippen LogP) is 0.575. The number of rotatable bonds is 4. The monoisotopic (exact) mass is 197 g/mol. The molecule has 0 bridgehead atoms. The molecule has 1 fully saturated rings. The largest absolute Gasteiger partial charge is 0.329 e. The molecule has 0 radical (unpaired) electrons. The summed E-state index contributed by atoms with van der Waals surface area (Å²) in [6.45, 7) is 9.79. The lowest BCUT2D eigenvalue weighted by molar-refractivity contribution is 0.153. The fraction of sp³-hybridized carbons (Fsp3) is 0.818. The van der Waals surface area contributed by atoms with Crippen LogP contribution in [0.5, 0.6) is 0 Å². The van der Waals surface area contributed by atoms with Crippen LogP contribution >= 0.6 is 0 Å². The van der Waals surface area contributed by atoms with E-state index >= 15 is 0 Å². The van der Waals surface area contributed by atoms with Gasteiger partial charge in [-0.1, -0.05) is 12.2 Å². The molecule has 0 aliphatic carbocycles. The van der Waals surface area contributed by atoms with E-state index in [1.807, 2.05) is 6.92 Å². The van der Waals surface area contributed by atoms with Crippen molar-refractivity contribution >= 4 is 0 Å². The summed E-state index contributed by atoms with van der Waals surface area (Å²) in [5.74, 6) is 0. The van der Waals surface area contributed by atoms with E-state index in [2.05, 4.69) is 23.8 Å². The number of nitrogens with one attached hydrogen (secondary N) is 1. The summed E-state index contributed by atoms with van der Waals surface area (Å²) in [5.41, 5.74) is 7.16. The molecule has 14 heavy (non-hydrogen) atoms. The van der Waals surface area contributed by atoms with Crippen molar-refractivity contribution in [2.24, 2.45) is 5.73 Å². The van der Waals surface area contributed by atoms with Gasteiger partial charge in [-0.3, -0.25) is 0 Å². The van der Waals surface area contributed by atoms with E-state index in [1.165, 1.54) is 25.0 Å². The molecule has 1 aliphatic rings. The molecule has 0 saturated carbocycles. The summed E-state index contributed by atoms with van der Waals surface area (Å²) >= 11 is 0. The summed E-state index contributed by atoms with van der Waals surface area (Å²) < 4.78 is 0. The lowest BCUT2D eigenvalue weighted by atomic mass is 9.89. The van der Waals surface area contributed by atoms with Crippen LogP contribution in [0.4, 0.5) is 0 Å². The summed E-state index contributed by atoms with van der Waals surface area (Å²) in [6.07, 6.45) is 2.41. The predicted molar refractivity (Wildman–Crippen MR) is 61.3 cm³/mol. The maximum absolute atomic E-state index is 5.87. The molecular formula is C11H23N3. The molecule has 82 valence electrons. The third-order valence-electron chi connectivity index (χ3n) is 2.92. The van der Waals surface area contributed by atoms with Gasteiger partial charge in [0.15, 0.2) is 0 Å². The molecule has 0 aromatic heterocycles. The van der Waals surface area contributed by atoms with E-state index in [0.29, 0.717) is 6.54 Å². The van der Waals surface area contributed by atoms with Crippen LogP contribution < -0.4 is 11.1 Å². The normalized spacial score (nSPS) is 29.1. The first-order valence-electron chi connectivity index (χ1n) is 5.36. The quantitative estimate of drug-likeness (QED) is 0.648. The fourth-order valence-corrected chi connectivity index (χ4v) is 2.08. The van der Waals surface area contributed by atoms with Crippen LogP contribution in [-0.4, -0.2) is 43.7 Å². The number of nitrogens with zero attached hydrogens (tertiary/aromatic N) is 1. The average Bonchev–Trinajstić information content (AvgIpc) is 2.15. The molecule has 3 N–H and O–H groups in total. The Bertz CT molecular complexity index is 203. The van der Waals surface area contributed by atoms with Crippen LogP contribution in [-0.2, 0) is 0 Å². The summed E-state index contributed by atoms with van der Waals surface area (Å²) in [6, 6.07) is 0. The number of hydrogen-bond acceptors (Lipinski definition) is 3. The Morgan fingerprint density at radius 1 is 1.64 bits per heavy atom. The van der Waals surface area contributed by atoms with Crippen molar-refractivity contribution in [1.82, 2.24) is 10.2 Å². The number of nitrogens with two attached hydrogens (primary N) is 1. The third-order valence-corrected chi connectivity index (χ3v) is 2.92. The maximum Gasteiger partial charge on any atom is 0.0435 e. The number of likely N-dealkylation sites (N-methyl/N-ethyl adjacent to an activating group) is 1. The second-order valence-corrected chi connectivity index (χ2v) is 4.64. The third kappa shape index (κ3) is 3.08. The Balaban J connectivity index is 2.51. The molecule has 0 amide bonds. The molecule has 3 nitrogen and oxygen atoms in total. The van der Waals surface area contributed by atoms with Gasteiger partial charge in [0, 0.05) is 25.2 Å². The molecule has 0 aromatic carbocycles. The summed E-state index contributed by atoms with van der Waals surface area (Å²) in [5, 5.41) is 3.55. The van der Waals surface area contributed by atoms with Crippen LogP contribution in [0.15, 0.2) is 12.2 Å². The van der Waals surface area contributed by atoms with Crippen LogP contribution in [0.2, 0.25) is 0 Å². The number of hydrogen-bond donors (Lipinski definition) is 2. The minimum Gasteiger partial charge on any atom is -0.329 e. The van der Waals surface area contributed by atoms with Gasteiger partial charge in [0.05, 0.1) is 0 Å². The van der Waals surface area contributed by atoms with Gasteiger partial charge < -0.3 is 16.0 Å². The molecule has 1 rings (SSSR count). The molecule has 1 unspecified atom stereocenters. The van der Waals surface area contributed by atoms with E-state index in [1.54, 1.807) is 0 Å². The second kappa shape index (κ2) is 4.91. The van der Waals surface area contributed by atoms with Crippen LogP contribution in [0.25, 0.3) is 0 Å². The zero-order valence-corrected chi connectivity index (χ0v) is 9.47. The van der Waals surface area contributed by atoms with Gasteiger partial charge in [-0.2, -0.15) is 0 Å². The molecule has 1 aliphatic heterocycles. The van der Waals surface area contributed by atoms with E-state index < -0.39 is 0 Å². The second-order valence-electron chi connectivity index (χ2n) is 4.64. The highest BCUT2D eigenvalue weighted by Gasteiger charge is 2.32.